The molecule has 3 nitrogen and oxygen atoms in total. The van der Waals surface area contributed by atoms with Crippen molar-refractivity contribution in [2.45, 2.75) is 26.6 Å². The van der Waals surface area contributed by atoms with Crippen LogP contribution in [0.3, 0.4) is 0 Å². The van der Waals surface area contributed by atoms with Crippen molar-refractivity contribution >= 4 is 21.7 Å². The standard InChI is InChI=1S/C13H16BrFO3/c1-3-17-13(18-4-2)11(16)8-9-6-5-7-10(15)12(9)14/h5-7,13H,3-4,8H2,1-2H3. The molecule has 1 aromatic carbocycles. The molecule has 0 aliphatic carbocycles. The molecule has 0 saturated heterocycles. The summed E-state index contributed by atoms with van der Waals surface area (Å²) in [6.45, 7) is 4.36. The first-order chi connectivity index (χ1) is 8.60. The van der Waals surface area contributed by atoms with E-state index in [2.05, 4.69) is 15.9 Å². The fourth-order valence-electron chi connectivity index (χ4n) is 1.49. The Kier molecular flexibility index (Phi) is 6.46. The smallest absolute Gasteiger partial charge is 0.218 e. The monoisotopic (exact) mass is 318 g/mol. The molecule has 0 aliphatic heterocycles. The van der Waals surface area contributed by atoms with E-state index in [0.29, 0.717) is 23.2 Å². The average molecular weight is 319 g/mol. The van der Waals surface area contributed by atoms with Crippen LogP contribution in [0.1, 0.15) is 19.4 Å². The van der Waals surface area contributed by atoms with Crippen LogP contribution in [0.25, 0.3) is 0 Å². The summed E-state index contributed by atoms with van der Waals surface area (Å²) < 4.78 is 24.0. The average Bonchev–Trinajstić information content (AvgIpc) is 2.34. The van der Waals surface area contributed by atoms with Crippen LogP contribution in [-0.2, 0) is 20.7 Å². The summed E-state index contributed by atoms with van der Waals surface area (Å²) in [5, 5.41) is 0. The Morgan fingerprint density at radius 2 is 1.94 bits per heavy atom. The number of hydrogen-bond donors (Lipinski definition) is 0. The summed E-state index contributed by atoms with van der Waals surface area (Å²) >= 11 is 3.13. The summed E-state index contributed by atoms with van der Waals surface area (Å²) in [5.74, 6) is -0.602. The molecular weight excluding hydrogens is 303 g/mol. The van der Waals surface area contributed by atoms with Gasteiger partial charge in [-0.15, -0.1) is 0 Å². The number of carbonyl (C=O) groups excluding carboxylic acids is 1. The Morgan fingerprint density at radius 1 is 1.33 bits per heavy atom. The molecule has 1 rings (SSSR count). The van der Waals surface area contributed by atoms with Gasteiger partial charge in [-0.2, -0.15) is 0 Å². The van der Waals surface area contributed by atoms with Crippen LogP contribution in [0, 0.1) is 5.82 Å². The molecule has 0 bridgehead atoms. The predicted octanol–water partition coefficient (Wildman–Crippen LogP) is 3.10. The highest BCUT2D eigenvalue weighted by atomic mass is 79.9. The van der Waals surface area contributed by atoms with Gasteiger partial charge in [-0.1, -0.05) is 12.1 Å². The van der Waals surface area contributed by atoms with E-state index in [1.807, 2.05) is 0 Å². The molecule has 5 heteroatoms. The van der Waals surface area contributed by atoms with Gasteiger partial charge in [0.15, 0.2) is 5.78 Å². The number of ether oxygens (including phenoxy) is 2. The van der Waals surface area contributed by atoms with Gasteiger partial charge in [-0.05, 0) is 41.4 Å². The SMILES string of the molecule is CCOC(OCC)C(=O)Cc1cccc(F)c1Br. The highest BCUT2D eigenvalue weighted by Crippen LogP contribution is 2.21. The fraction of sp³-hybridized carbons (Fsp3) is 0.462. The van der Waals surface area contributed by atoms with E-state index in [0.717, 1.165) is 0 Å². The van der Waals surface area contributed by atoms with E-state index in [1.54, 1.807) is 26.0 Å². The van der Waals surface area contributed by atoms with E-state index < -0.39 is 6.29 Å². The van der Waals surface area contributed by atoms with Crippen molar-refractivity contribution in [2.24, 2.45) is 0 Å². The van der Waals surface area contributed by atoms with Crippen LogP contribution in [0.2, 0.25) is 0 Å². The lowest BCUT2D eigenvalue weighted by molar-refractivity contribution is -0.167. The maximum atomic E-state index is 13.3. The lowest BCUT2D eigenvalue weighted by atomic mass is 10.1. The molecule has 0 saturated carbocycles. The van der Waals surface area contributed by atoms with Gasteiger partial charge in [0.05, 0.1) is 4.47 Å². The minimum Gasteiger partial charge on any atom is -0.346 e. The van der Waals surface area contributed by atoms with Gasteiger partial charge in [0.1, 0.15) is 5.82 Å². The topological polar surface area (TPSA) is 35.5 Å². The second-order valence-corrected chi connectivity index (χ2v) is 4.39. The van der Waals surface area contributed by atoms with E-state index in [4.69, 9.17) is 9.47 Å². The Balaban J connectivity index is 2.75. The molecule has 1 aromatic rings. The van der Waals surface area contributed by atoms with Crippen molar-refractivity contribution in [3.05, 3.63) is 34.1 Å². The predicted molar refractivity (Wildman–Crippen MR) is 69.9 cm³/mol. The lowest BCUT2D eigenvalue weighted by Crippen LogP contribution is -2.29. The molecule has 0 unspecified atom stereocenters. The molecule has 0 N–H and O–H groups in total. The molecular formula is C13H16BrFO3. The largest absolute Gasteiger partial charge is 0.346 e. The quantitative estimate of drug-likeness (QED) is 0.725. The van der Waals surface area contributed by atoms with Crippen molar-refractivity contribution in [2.75, 3.05) is 13.2 Å². The van der Waals surface area contributed by atoms with Gasteiger partial charge in [0, 0.05) is 19.6 Å². The van der Waals surface area contributed by atoms with E-state index >= 15 is 0 Å². The van der Waals surface area contributed by atoms with Gasteiger partial charge in [0.25, 0.3) is 0 Å². The lowest BCUT2D eigenvalue weighted by Gasteiger charge is -2.16. The van der Waals surface area contributed by atoms with Crippen LogP contribution in [-0.4, -0.2) is 25.3 Å². The zero-order valence-corrected chi connectivity index (χ0v) is 12.0. The van der Waals surface area contributed by atoms with Gasteiger partial charge < -0.3 is 9.47 Å². The zero-order chi connectivity index (χ0) is 13.5. The molecule has 0 heterocycles. The zero-order valence-electron chi connectivity index (χ0n) is 10.4. The Labute approximate surface area is 114 Å². The Bertz CT molecular complexity index is 403. The van der Waals surface area contributed by atoms with Crippen molar-refractivity contribution in [1.82, 2.24) is 0 Å². The molecule has 0 atom stereocenters. The van der Waals surface area contributed by atoms with Crippen molar-refractivity contribution in [3.63, 3.8) is 0 Å². The van der Waals surface area contributed by atoms with Crippen LogP contribution in [0.4, 0.5) is 4.39 Å². The molecule has 0 aromatic heterocycles. The van der Waals surface area contributed by atoms with Gasteiger partial charge in [-0.3, -0.25) is 4.79 Å². The maximum Gasteiger partial charge on any atom is 0.218 e. The third kappa shape index (κ3) is 4.15. The first-order valence-electron chi connectivity index (χ1n) is 5.78. The first kappa shape index (κ1) is 15.3. The minimum atomic E-state index is -0.879. The first-order valence-corrected chi connectivity index (χ1v) is 6.58. The Hall–Kier alpha value is -0.780. The van der Waals surface area contributed by atoms with Gasteiger partial charge in [-0.25, -0.2) is 4.39 Å². The number of ketones is 1. The number of Topliss-reactive ketones (excluding diaryl/α,β-unsaturated/α-hetero) is 1. The highest BCUT2D eigenvalue weighted by molar-refractivity contribution is 9.10. The summed E-state index contributed by atoms with van der Waals surface area (Å²) in [6.07, 6.45) is -0.807. The summed E-state index contributed by atoms with van der Waals surface area (Å²) in [5.41, 5.74) is 0.587. The Morgan fingerprint density at radius 3 is 2.50 bits per heavy atom. The summed E-state index contributed by atoms with van der Waals surface area (Å²) in [6, 6.07) is 4.60. The van der Waals surface area contributed by atoms with Crippen LogP contribution in [0.15, 0.2) is 22.7 Å². The van der Waals surface area contributed by atoms with E-state index in [1.165, 1.54) is 6.07 Å². The van der Waals surface area contributed by atoms with Gasteiger partial charge in [0.2, 0.25) is 6.29 Å². The number of halogens is 2. The summed E-state index contributed by atoms with van der Waals surface area (Å²) in [7, 11) is 0. The van der Waals surface area contributed by atoms with Crippen molar-refractivity contribution in [1.29, 1.82) is 0 Å². The third-order valence-corrected chi connectivity index (χ3v) is 3.18. The van der Waals surface area contributed by atoms with E-state index in [9.17, 15) is 9.18 Å². The molecule has 0 spiro atoms. The van der Waals surface area contributed by atoms with Crippen molar-refractivity contribution in [3.8, 4) is 0 Å². The van der Waals surface area contributed by atoms with Crippen LogP contribution < -0.4 is 0 Å². The molecule has 18 heavy (non-hydrogen) atoms. The normalized spacial score (nSPS) is 10.9. The third-order valence-electron chi connectivity index (χ3n) is 2.30. The second kappa shape index (κ2) is 7.61. The number of carbonyl (C=O) groups is 1. The van der Waals surface area contributed by atoms with Crippen molar-refractivity contribution < 1.29 is 18.7 Å². The van der Waals surface area contributed by atoms with E-state index in [-0.39, 0.29) is 18.0 Å². The molecule has 0 fully saturated rings. The number of benzene rings is 1. The number of hydrogen-bond acceptors (Lipinski definition) is 3. The summed E-state index contributed by atoms with van der Waals surface area (Å²) in [4.78, 5) is 12.0. The molecule has 0 amide bonds. The van der Waals surface area contributed by atoms with Crippen LogP contribution in [0.5, 0.6) is 0 Å². The molecule has 0 aliphatic rings. The van der Waals surface area contributed by atoms with Gasteiger partial charge >= 0.3 is 0 Å². The maximum absolute atomic E-state index is 13.3. The number of rotatable bonds is 7. The minimum absolute atomic E-state index is 0.0724. The van der Waals surface area contributed by atoms with Crippen LogP contribution >= 0.6 is 15.9 Å². The second-order valence-electron chi connectivity index (χ2n) is 3.60. The highest BCUT2D eigenvalue weighted by Gasteiger charge is 2.20. The fourth-order valence-corrected chi connectivity index (χ4v) is 1.90. The molecule has 0 radical (unpaired) electrons. The molecule has 100 valence electrons.